The fourth-order valence-electron chi connectivity index (χ4n) is 4.57. The van der Waals surface area contributed by atoms with Gasteiger partial charge in [-0.25, -0.2) is 14.6 Å². The number of oxime groups is 1. The van der Waals surface area contributed by atoms with Crippen LogP contribution < -0.4 is 33.0 Å². The SMILES string of the molecule is Cc1c(N)nc(SCC2=C(C(=O)O)N3C(=O)C(NC(=O)/C(=N\OC(C(=O)O)c4ccc(O)c(O)c4)c4csc(N)n4)C3SC2)[n+](N)c1N. The van der Waals surface area contributed by atoms with Crippen molar-refractivity contribution in [3.63, 3.8) is 0 Å². The molecule has 5 rings (SSSR count). The predicted octanol–water partition coefficient (Wildman–Crippen LogP) is -0.917. The van der Waals surface area contributed by atoms with E-state index in [2.05, 4.69) is 20.4 Å². The van der Waals surface area contributed by atoms with E-state index in [9.17, 15) is 39.6 Å². The number of nitrogens with one attached hydrogen (secondary N) is 1. The Morgan fingerprint density at radius 1 is 1.21 bits per heavy atom. The normalized spacial score (nSPS) is 18.1. The van der Waals surface area contributed by atoms with Crippen molar-refractivity contribution >= 4 is 81.1 Å². The van der Waals surface area contributed by atoms with E-state index in [0.29, 0.717) is 11.1 Å². The number of nitrogens with two attached hydrogens (primary N) is 4. The monoisotopic (exact) mass is 719 g/mol. The number of aliphatic carboxylic acids is 2. The molecular formula is C26H27N10O9S3+. The maximum absolute atomic E-state index is 13.5. The number of thiazole rings is 1. The van der Waals surface area contributed by atoms with E-state index in [4.69, 9.17) is 27.9 Å². The molecule has 0 aliphatic carbocycles. The van der Waals surface area contributed by atoms with Gasteiger partial charge in [-0.3, -0.25) is 20.3 Å². The summed E-state index contributed by atoms with van der Waals surface area (Å²) < 4.78 is 1.13. The van der Waals surface area contributed by atoms with E-state index in [-0.39, 0.29) is 50.4 Å². The Kier molecular flexibility index (Phi) is 9.40. The molecule has 3 unspecified atom stereocenters. The van der Waals surface area contributed by atoms with E-state index in [1.54, 1.807) is 6.92 Å². The Bertz CT molecular complexity index is 1920. The van der Waals surface area contributed by atoms with Gasteiger partial charge in [0.15, 0.2) is 22.3 Å². The number of phenolic OH excluding ortho intramolecular Hbond substituents is 2. The van der Waals surface area contributed by atoms with Crippen molar-refractivity contribution in [3.8, 4) is 11.5 Å². The van der Waals surface area contributed by atoms with Crippen LogP contribution in [0.5, 0.6) is 11.5 Å². The zero-order valence-corrected chi connectivity index (χ0v) is 27.0. The molecule has 0 bridgehead atoms. The van der Waals surface area contributed by atoms with Gasteiger partial charge in [-0.15, -0.1) is 27.8 Å². The molecule has 1 aromatic carbocycles. The molecule has 2 amide bonds. The second-order valence-electron chi connectivity index (χ2n) is 10.1. The van der Waals surface area contributed by atoms with E-state index >= 15 is 0 Å². The Morgan fingerprint density at radius 3 is 2.56 bits per heavy atom. The van der Waals surface area contributed by atoms with Gasteiger partial charge < -0.3 is 47.8 Å². The summed E-state index contributed by atoms with van der Waals surface area (Å²) in [4.78, 5) is 65.5. The van der Waals surface area contributed by atoms with Crippen LogP contribution in [-0.2, 0) is 24.0 Å². The Balaban J connectivity index is 1.36. The highest BCUT2D eigenvalue weighted by Gasteiger charge is 2.54. The number of rotatable bonds is 11. The summed E-state index contributed by atoms with van der Waals surface area (Å²) in [5, 5.41) is 46.2. The maximum Gasteiger partial charge on any atom is 0.352 e. The molecule has 0 radical (unpaired) electrons. The van der Waals surface area contributed by atoms with Gasteiger partial charge in [-0.05, 0) is 36.4 Å². The second kappa shape index (κ2) is 13.3. The number of carboxylic acid groups (broad SMARTS) is 2. The van der Waals surface area contributed by atoms with E-state index in [1.807, 2.05) is 0 Å². The largest absolute Gasteiger partial charge is 0.504 e. The highest BCUT2D eigenvalue weighted by atomic mass is 32.2. The average Bonchev–Trinajstić information content (AvgIpc) is 3.47. The van der Waals surface area contributed by atoms with Crippen LogP contribution in [-0.4, -0.2) is 87.7 Å². The van der Waals surface area contributed by atoms with E-state index < -0.39 is 58.5 Å². The second-order valence-corrected chi connectivity index (χ2v) is 13.1. The number of phenols is 2. The number of benzene rings is 1. The van der Waals surface area contributed by atoms with Gasteiger partial charge in [0.2, 0.25) is 17.7 Å². The van der Waals surface area contributed by atoms with Crippen molar-refractivity contribution < 1.29 is 49.1 Å². The number of nitrogen functional groups attached to an aromatic ring is 4. The molecule has 3 aromatic rings. The molecule has 1 fully saturated rings. The summed E-state index contributed by atoms with van der Waals surface area (Å²) >= 11 is 3.23. The number of hydrogen-bond acceptors (Lipinski definition) is 17. The van der Waals surface area contributed by atoms with Crippen LogP contribution in [0.1, 0.15) is 22.9 Å². The molecule has 19 nitrogen and oxygen atoms in total. The van der Waals surface area contributed by atoms with Crippen LogP contribution in [0.25, 0.3) is 0 Å². The molecule has 252 valence electrons. The number of carbonyl (C=O) groups is 4. The highest BCUT2D eigenvalue weighted by Crippen LogP contribution is 2.41. The number of thioether (sulfide) groups is 2. The minimum absolute atomic E-state index is 0.0467. The minimum atomic E-state index is -1.83. The summed E-state index contributed by atoms with van der Waals surface area (Å²) in [6.45, 7) is 1.65. The Labute approximate surface area is 282 Å². The molecule has 4 heterocycles. The molecule has 13 N–H and O–H groups in total. The van der Waals surface area contributed by atoms with Crippen molar-refractivity contribution in [1.82, 2.24) is 20.2 Å². The third-order valence-electron chi connectivity index (χ3n) is 7.12. The van der Waals surface area contributed by atoms with Gasteiger partial charge in [0.1, 0.15) is 22.8 Å². The average molecular weight is 720 g/mol. The van der Waals surface area contributed by atoms with E-state index in [0.717, 1.165) is 44.8 Å². The summed E-state index contributed by atoms with van der Waals surface area (Å²) in [5.74, 6) is 0.851. The van der Waals surface area contributed by atoms with E-state index in [1.165, 1.54) is 23.2 Å². The van der Waals surface area contributed by atoms with Gasteiger partial charge in [-0.2, -0.15) is 0 Å². The zero-order valence-electron chi connectivity index (χ0n) is 24.6. The van der Waals surface area contributed by atoms with Crippen LogP contribution in [0, 0.1) is 6.92 Å². The van der Waals surface area contributed by atoms with Crippen molar-refractivity contribution in [2.24, 2.45) is 5.16 Å². The summed E-state index contributed by atoms with van der Waals surface area (Å²) in [6.07, 6.45) is -1.83. The lowest BCUT2D eigenvalue weighted by molar-refractivity contribution is -0.667. The van der Waals surface area contributed by atoms with Crippen LogP contribution in [0.2, 0.25) is 0 Å². The molecule has 2 aromatic heterocycles. The molecule has 0 saturated carbocycles. The number of amides is 2. The fourth-order valence-corrected chi connectivity index (χ4v) is 7.54. The van der Waals surface area contributed by atoms with Crippen LogP contribution in [0.3, 0.4) is 0 Å². The quantitative estimate of drug-likeness (QED) is 0.0169. The number of carbonyl (C=O) groups excluding carboxylic acids is 2. The summed E-state index contributed by atoms with van der Waals surface area (Å²) in [5.41, 5.74) is 17.5. The van der Waals surface area contributed by atoms with Gasteiger partial charge >= 0.3 is 17.1 Å². The zero-order chi connectivity index (χ0) is 35.0. The highest BCUT2D eigenvalue weighted by molar-refractivity contribution is 8.01. The van der Waals surface area contributed by atoms with Crippen molar-refractivity contribution in [2.45, 2.75) is 29.6 Å². The third-order valence-corrected chi connectivity index (χ3v) is 10.2. The first kappa shape index (κ1) is 33.9. The molecule has 22 heteroatoms. The molecule has 2 aliphatic rings. The van der Waals surface area contributed by atoms with Crippen molar-refractivity contribution in [3.05, 3.63) is 51.7 Å². The number of aromatic hydroxyl groups is 2. The Morgan fingerprint density at radius 2 is 1.94 bits per heavy atom. The molecule has 48 heavy (non-hydrogen) atoms. The lowest BCUT2D eigenvalue weighted by Crippen LogP contribution is -2.71. The first-order valence-corrected chi connectivity index (χ1v) is 16.4. The van der Waals surface area contributed by atoms with Crippen LogP contribution in [0.15, 0.2) is 45.2 Å². The van der Waals surface area contributed by atoms with Crippen molar-refractivity contribution in [2.75, 3.05) is 34.5 Å². The summed E-state index contributed by atoms with van der Waals surface area (Å²) in [6, 6.07) is 1.97. The topological polar surface area (TPSA) is 320 Å². The first-order chi connectivity index (χ1) is 22.7. The lowest BCUT2D eigenvalue weighted by Gasteiger charge is -2.49. The summed E-state index contributed by atoms with van der Waals surface area (Å²) in [7, 11) is 0. The molecule has 3 atom stereocenters. The molecular weight excluding hydrogens is 693 g/mol. The molecule has 1 saturated heterocycles. The minimum Gasteiger partial charge on any atom is -0.504 e. The van der Waals surface area contributed by atoms with Gasteiger partial charge in [0.05, 0.1) is 5.56 Å². The smallest absolute Gasteiger partial charge is 0.352 e. The lowest BCUT2D eigenvalue weighted by atomic mass is 10.0. The number of nitrogens with zero attached hydrogens (tertiary/aromatic N) is 5. The number of hydrogen-bond donors (Lipinski definition) is 9. The van der Waals surface area contributed by atoms with Crippen LogP contribution >= 0.6 is 34.9 Å². The maximum atomic E-state index is 13.5. The fraction of sp³-hybridized carbons (Fsp3) is 0.231. The first-order valence-electron chi connectivity index (χ1n) is 13.5. The van der Waals surface area contributed by atoms with Gasteiger partial charge in [0, 0.05) is 22.4 Å². The predicted molar refractivity (Wildman–Crippen MR) is 173 cm³/mol. The number of β-lactam (4-membered cyclic amide) rings is 1. The number of anilines is 3. The third kappa shape index (κ3) is 6.39. The van der Waals surface area contributed by atoms with Crippen molar-refractivity contribution in [1.29, 1.82) is 0 Å². The number of aromatic nitrogens is 3. The van der Waals surface area contributed by atoms with Gasteiger partial charge in [0.25, 0.3) is 11.8 Å². The standard InChI is InChI=1S/C26H26N10O9S3/c1-8-18(27)33-26(36(30)19(8)28)48-6-10-5-46-22-15(21(40)35(22)16(10)23(41)42)32-20(39)14(11-7-47-25(29)31-11)34-45-17(24(43)44)9-2-3-12(37)13(38)4-9/h2-4,7,15,17,22H,5-6,30H2,1H3,(H10,27,28,29,31,32,34,37,38,39,41,42,43,44)/p+1. The Hall–Kier alpha value is -5.48. The van der Waals surface area contributed by atoms with Crippen LogP contribution in [0.4, 0.5) is 16.8 Å². The number of carboxylic acids is 2. The molecule has 2 aliphatic heterocycles. The molecule has 0 spiro atoms. The number of fused-ring (bicyclic) bond motifs is 1. The van der Waals surface area contributed by atoms with Gasteiger partial charge in [-0.1, -0.05) is 16.2 Å².